The summed E-state index contributed by atoms with van der Waals surface area (Å²) in [7, 11) is 1.60. The van der Waals surface area contributed by atoms with Gasteiger partial charge < -0.3 is 14.6 Å². The van der Waals surface area contributed by atoms with Crippen molar-refractivity contribution in [1.82, 2.24) is 14.5 Å². The van der Waals surface area contributed by atoms with Gasteiger partial charge in [-0.05, 0) is 37.5 Å². The zero-order valence-corrected chi connectivity index (χ0v) is 16.4. The molecule has 2 unspecified atom stereocenters. The second-order valence-electron chi connectivity index (χ2n) is 7.40. The molecule has 1 saturated carbocycles. The number of aryl methyl sites for hydroxylation is 2. The molecular weight excluding hydrogens is 371 g/mol. The number of methoxy groups -OCH3 is 1. The third-order valence-corrected chi connectivity index (χ3v) is 5.68. The lowest BCUT2D eigenvalue weighted by Gasteiger charge is -2.19. The number of hydrogen-bond donors (Lipinski definition) is 1. The number of amides is 1. The van der Waals surface area contributed by atoms with Crippen molar-refractivity contribution in [2.75, 3.05) is 12.4 Å². The predicted molar refractivity (Wildman–Crippen MR) is 107 cm³/mol. The first-order valence-electron chi connectivity index (χ1n) is 9.57. The monoisotopic (exact) mass is 394 g/mol. The number of benzene rings is 1. The summed E-state index contributed by atoms with van der Waals surface area (Å²) < 4.78 is 20.3. The van der Waals surface area contributed by atoms with Crippen LogP contribution in [0.25, 0.3) is 0 Å². The summed E-state index contributed by atoms with van der Waals surface area (Å²) in [5.74, 6) is 1.14. The first kappa shape index (κ1) is 19.1. The van der Waals surface area contributed by atoms with Gasteiger partial charge in [0.25, 0.3) is 0 Å². The van der Waals surface area contributed by atoms with Crippen LogP contribution in [0, 0.1) is 18.7 Å². The van der Waals surface area contributed by atoms with Crippen LogP contribution >= 0.6 is 0 Å². The molecule has 0 radical (unpaired) electrons. The van der Waals surface area contributed by atoms with E-state index in [-0.39, 0.29) is 17.2 Å². The van der Waals surface area contributed by atoms with Crippen molar-refractivity contribution >= 4 is 11.7 Å². The maximum absolute atomic E-state index is 13.1. The molecule has 2 heterocycles. The maximum Gasteiger partial charge on any atom is 0.231 e. The van der Waals surface area contributed by atoms with Gasteiger partial charge in [-0.1, -0.05) is 30.3 Å². The number of imidazole rings is 1. The molecule has 1 amide bonds. The third-order valence-electron chi connectivity index (χ3n) is 5.68. The number of carbonyl (C=O) groups excluding carboxylic acids is 1. The highest BCUT2D eigenvalue weighted by Crippen LogP contribution is 2.57. The molecule has 4 rings (SSSR count). The Hall–Kier alpha value is -3.22. The molecule has 1 N–H and O–H groups in total. The Labute approximate surface area is 168 Å². The van der Waals surface area contributed by atoms with Crippen LogP contribution in [0.15, 0.2) is 54.9 Å². The summed E-state index contributed by atoms with van der Waals surface area (Å²) in [6.45, 7) is 2.67. The van der Waals surface area contributed by atoms with Crippen LogP contribution in [0.4, 0.5) is 10.2 Å². The zero-order chi connectivity index (χ0) is 20.4. The van der Waals surface area contributed by atoms with Crippen LogP contribution in [0.2, 0.25) is 0 Å². The Bertz CT molecular complexity index is 1000. The summed E-state index contributed by atoms with van der Waals surface area (Å²) >= 11 is 0. The first-order chi connectivity index (χ1) is 14.0. The fourth-order valence-corrected chi connectivity index (χ4v) is 3.95. The molecule has 1 aliphatic carbocycles. The highest BCUT2D eigenvalue weighted by atomic mass is 19.1. The molecule has 2 aromatic heterocycles. The van der Waals surface area contributed by atoms with Gasteiger partial charge in [-0.15, -0.1) is 0 Å². The van der Waals surface area contributed by atoms with E-state index in [0.29, 0.717) is 11.7 Å². The SMILES string of the molecule is COc1cn(CCC2(c3ccccc3)CC2C(=O)Nc2ccc(F)cn2)c(C)n1. The largest absolute Gasteiger partial charge is 0.480 e. The second kappa shape index (κ2) is 7.66. The van der Waals surface area contributed by atoms with Crippen molar-refractivity contribution < 1.29 is 13.9 Å². The van der Waals surface area contributed by atoms with E-state index in [1.807, 2.05) is 31.3 Å². The van der Waals surface area contributed by atoms with Crippen LogP contribution < -0.4 is 10.1 Å². The number of carbonyl (C=O) groups is 1. The Balaban J connectivity index is 1.52. The Morgan fingerprint density at radius 1 is 1.31 bits per heavy atom. The third kappa shape index (κ3) is 3.85. The summed E-state index contributed by atoms with van der Waals surface area (Å²) in [6, 6.07) is 12.9. The predicted octanol–water partition coefficient (Wildman–Crippen LogP) is 3.72. The highest BCUT2D eigenvalue weighted by molar-refractivity contribution is 5.95. The van der Waals surface area contributed by atoms with E-state index in [9.17, 15) is 9.18 Å². The Kier molecular flexibility index (Phi) is 5.05. The van der Waals surface area contributed by atoms with Crippen LogP contribution in [0.3, 0.4) is 0 Å². The average molecular weight is 394 g/mol. The van der Waals surface area contributed by atoms with Gasteiger partial charge in [-0.2, -0.15) is 4.98 Å². The topological polar surface area (TPSA) is 69.0 Å². The molecule has 7 heteroatoms. The Morgan fingerprint density at radius 3 is 2.76 bits per heavy atom. The van der Waals surface area contributed by atoms with Crippen LogP contribution in [0.1, 0.15) is 24.2 Å². The van der Waals surface area contributed by atoms with Crippen LogP contribution in [0.5, 0.6) is 5.88 Å². The molecule has 3 aromatic rings. The lowest BCUT2D eigenvalue weighted by Crippen LogP contribution is -2.23. The zero-order valence-electron chi connectivity index (χ0n) is 16.4. The molecule has 0 aliphatic heterocycles. The van der Waals surface area contributed by atoms with Gasteiger partial charge in [0.05, 0.1) is 19.5 Å². The Morgan fingerprint density at radius 2 is 2.10 bits per heavy atom. The number of pyridine rings is 1. The molecule has 150 valence electrons. The van der Waals surface area contributed by atoms with E-state index in [1.54, 1.807) is 7.11 Å². The molecule has 1 aliphatic rings. The minimum Gasteiger partial charge on any atom is -0.480 e. The lowest BCUT2D eigenvalue weighted by molar-refractivity contribution is -0.117. The van der Waals surface area contributed by atoms with Crippen molar-refractivity contribution in [2.45, 2.75) is 31.7 Å². The molecule has 0 saturated heterocycles. The van der Waals surface area contributed by atoms with Crippen molar-refractivity contribution in [3.63, 3.8) is 0 Å². The van der Waals surface area contributed by atoms with Crippen molar-refractivity contribution in [3.8, 4) is 5.88 Å². The molecule has 0 spiro atoms. The second-order valence-corrected chi connectivity index (χ2v) is 7.40. The normalized spacial score (nSPS) is 20.3. The number of nitrogens with zero attached hydrogens (tertiary/aromatic N) is 3. The van der Waals surface area contributed by atoms with E-state index in [0.717, 1.165) is 37.0 Å². The van der Waals surface area contributed by atoms with Crippen molar-refractivity contribution in [2.24, 2.45) is 5.92 Å². The molecule has 1 aromatic carbocycles. The first-order valence-corrected chi connectivity index (χ1v) is 9.57. The minimum atomic E-state index is -0.431. The van der Waals surface area contributed by atoms with Crippen molar-refractivity contribution in [3.05, 3.63) is 72.1 Å². The smallest absolute Gasteiger partial charge is 0.231 e. The van der Waals surface area contributed by atoms with Gasteiger partial charge in [-0.25, -0.2) is 9.37 Å². The van der Waals surface area contributed by atoms with Gasteiger partial charge in [0, 0.05) is 17.9 Å². The lowest BCUT2D eigenvalue weighted by atomic mass is 9.89. The number of nitrogens with one attached hydrogen (secondary N) is 1. The van der Waals surface area contributed by atoms with Crippen molar-refractivity contribution in [1.29, 1.82) is 0 Å². The molecular formula is C22H23FN4O2. The quantitative estimate of drug-likeness (QED) is 0.663. The average Bonchev–Trinajstić information content (AvgIpc) is 3.38. The fraction of sp³-hybridized carbons (Fsp3) is 0.318. The van der Waals surface area contributed by atoms with Gasteiger partial charge in [0.2, 0.25) is 11.8 Å². The number of ether oxygens (including phenoxy) is 1. The minimum absolute atomic E-state index is 0.0899. The summed E-state index contributed by atoms with van der Waals surface area (Å²) in [6.07, 6.45) is 4.54. The summed E-state index contributed by atoms with van der Waals surface area (Å²) in [5.41, 5.74) is 0.909. The van der Waals surface area contributed by atoms with Crippen LogP contribution in [-0.4, -0.2) is 27.6 Å². The number of anilines is 1. The van der Waals surface area contributed by atoms with Gasteiger partial charge in [0.15, 0.2) is 0 Å². The van der Waals surface area contributed by atoms with Gasteiger partial charge in [-0.3, -0.25) is 4.79 Å². The standard InChI is InChI=1S/C22H23FN4O2/c1-15-25-20(29-2)14-27(15)11-10-22(16-6-4-3-5-7-16)12-18(22)21(28)26-19-9-8-17(23)13-24-19/h3-9,13-14,18H,10-12H2,1-2H3,(H,24,26,28). The number of hydrogen-bond acceptors (Lipinski definition) is 4. The van der Waals surface area contributed by atoms with Gasteiger partial charge >= 0.3 is 0 Å². The number of halogens is 1. The molecule has 29 heavy (non-hydrogen) atoms. The number of aromatic nitrogens is 3. The maximum atomic E-state index is 13.1. The molecule has 0 bridgehead atoms. The van der Waals surface area contributed by atoms with Crippen LogP contribution in [-0.2, 0) is 16.8 Å². The van der Waals surface area contributed by atoms with E-state index >= 15 is 0 Å². The van der Waals surface area contributed by atoms with E-state index in [4.69, 9.17) is 4.74 Å². The van der Waals surface area contributed by atoms with E-state index in [2.05, 4.69) is 32.0 Å². The van der Waals surface area contributed by atoms with E-state index in [1.165, 1.54) is 12.1 Å². The molecule has 6 nitrogen and oxygen atoms in total. The molecule has 1 fully saturated rings. The fourth-order valence-electron chi connectivity index (χ4n) is 3.95. The number of rotatable bonds is 7. The summed E-state index contributed by atoms with van der Waals surface area (Å²) in [4.78, 5) is 21.2. The van der Waals surface area contributed by atoms with E-state index < -0.39 is 5.82 Å². The van der Waals surface area contributed by atoms with Gasteiger partial charge in [0.1, 0.15) is 17.5 Å². The molecule has 2 atom stereocenters. The highest BCUT2D eigenvalue weighted by Gasteiger charge is 2.58. The summed E-state index contributed by atoms with van der Waals surface area (Å²) in [5, 5.41) is 2.82.